The summed E-state index contributed by atoms with van der Waals surface area (Å²) in [5.74, 6) is 0. The Labute approximate surface area is 110 Å². The van der Waals surface area contributed by atoms with E-state index in [0.29, 0.717) is 4.77 Å². The maximum absolute atomic E-state index is 4.87. The first-order chi connectivity index (χ1) is 6.36. The molecule has 0 radical (unpaired) electrons. The standard InChI is InChI=1S/C9H7N3S.Na.H/c13-9-11-8(6-10-12-9)7-4-2-1-3-5-7;;/h1-6H,(H,11,12,13);;/q;+1;-1. The van der Waals surface area contributed by atoms with Crippen LogP contribution in [0.5, 0.6) is 0 Å². The summed E-state index contributed by atoms with van der Waals surface area (Å²) in [6, 6.07) is 9.81. The fourth-order valence-corrected chi connectivity index (χ4v) is 1.21. The van der Waals surface area contributed by atoms with E-state index < -0.39 is 0 Å². The molecule has 0 aliphatic heterocycles. The van der Waals surface area contributed by atoms with Gasteiger partial charge < -0.3 is 1.43 Å². The van der Waals surface area contributed by atoms with E-state index >= 15 is 0 Å². The van der Waals surface area contributed by atoms with Crippen LogP contribution in [0.4, 0.5) is 0 Å². The second-order valence-electron chi connectivity index (χ2n) is 2.54. The molecule has 14 heavy (non-hydrogen) atoms. The minimum atomic E-state index is 0. The third kappa shape index (κ3) is 2.72. The van der Waals surface area contributed by atoms with Crippen LogP contribution in [0, 0.1) is 4.77 Å². The van der Waals surface area contributed by atoms with Gasteiger partial charge in [-0.1, -0.05) is 30.3 Å². The third-order valence-corrected chi connectivity index (χ3v) is 1.82. The Hall–Kier alpha value is -0.550. The summed E-state index contributed by atoms with van der Waals surface area (Å²) >= 11 is 4.87. The SMILES string of the molecule is S=c1nc(-c2ccccc2)cn[nH]1.[H-].[Na+]. The van der Waals surface area contributed by atoms with Crippen LogP contribution in [-0.4, -0.2) is 15.2 Å². The summed E-state index contributed by atoms with van der Waals surface area (Å²) < 4.78 is 0.404. The van der Waals surface area contributed by atoms with Crippen molar-refractivity contribution in [3.63, 3.8) is 0 Å². The number of aromatic nitrogens is 3. The molecule has 5 heteroatoms. The van der Waals surface area contributed by atoms with Crippen molar-refractivity contribution >= 4 is 12.2 Å². The summed E-state index contributed by atoms with van der Waals surface area (Å²) in [6.45, 7) is 0. The molecule has 0 bridgehead atoms. The first kappa shape index (κ1) is 11.5. The molecule has 66 valence electrons. The third-order valence-electron chi connectivity index (χ3n) is 1.64. The molecule has 1 N–H and O–H groups in total. The van der Waals surface area contributed by atoms with Crippen LogP contribution in [0.3, 0.4) is 0 Å². The van der Waals surface area contributed by atoms with Crippen molar-refractivity contribution in [1.29, 1.82) is 0 Å². The van der Waals surface area contributed by atoms with Crippen molar-refractivity contribution in [2.75, 3.05) is 0 Å². The van der Waals surface area contributed by atoms with Crippen molar-refractivity contribution in [3.8, 4) is 11.3 Å². The Morgan fingerprint density at radius 3 is 2.57 bits per heavy atom. The summed E-state index contributed by atoms with van der Waals surface area (Å²) in [4.78, 5) is 4.14. The van der Waals surface area contributed by atoms with Gasteiger partial charge in [0.1, 0.15) is 0 Å². The maximum Gasteiger partial charge on any atom is 1.00 e. The zero-order chi connectivity index (χ0) is 9.10. The molecular weight excluding hydrogens is 205 g/mol. The molecule has 1 aromatic heterocycles. The Kier molecular flexibility index (Phi) is 4.41. The van der Waals surface area contributed by atoms with Gasteiger partial charge in [-0.25, -0.2) is 4.98 Å². The van der Waals surface area contributed by atoms with E-state index in [0.717, 1.165) is 11.3 Å². The second-order valence-corrected chi connectivity index (χ2v) is 2.92. The van der Waals surface area contributed by atoms with Crippen LogP contribution in [0.2, 0.25) is 0 Å². The molecule has 1 aromatic carbocycles. The smallest absolute Gasteiger partial charge is 1.00 e. The van der Waals surface area contributed by atoms with E-state index in [2.05, 4.69) is 15.2 Å². The van der Waals surface area contributed by atoms with E-state index in [4.69, 9.17) is 12.2 Å². The predicted molar refractivity (Wildman–Crippen MR) is 53.8 cm³/mol. The summed E-state index contributed by atoms with van der Waals surface area (Å²) in [5.41, 5.74) is 1.82. The van der Waals surface area contributed by atoms with Crippen LogP contribution in [0.25, 0.3) is 11.3 Å². The molecule has 0 atom stereocenters. The number of nitrogens with one attached hydrogen (secondary N) is 1. The molecule has 0 unspecified atom stereocenters. The number of aromatic amines is 1. The molecule has 3 nitrogen and oxygen atoms in total. The van der Waals surface area contributed by atoms with Gasteiger partial charge in [0.2, 0.25) is 4.77 Å². The summed E-state index contributed by atoms with van der Waals surface area (Å²) in [7, 11) is 0. The number of rotatable bonds is 1. The van der Waals surface area contributed by atoms with Gasteiger partial charge in [-0.15, -0.1) is 0 Å². The zero-order valence-corrected chi connectivity index (χ0v) is 10.6. The van der Waals surface area contributed by atoms with Gasteiger partial charge >= 0.3 is 29.6 Å². The Morgan fingerprint density at radius 1 is 1.21 bits per heavy atom. The number of H-pyrrole nitrogens is 1. The molecule has 1 heterocycles. The van der Waals surface area contributed by atoms with Crippen LogP contribution in [0.15, 0.2) is 36.5 Å². The number of hydrogen-bond donors (Lipinski definition) is 1. The molecule has 0 saturated heterocycles. The van der Waals surface area contributed by atoms with Gasteiger partial charge in [0.25, 0.3) is 0 Å². The van der Waals surface area contributed by atoms with Gasteiger partial charge in [-0.3, -0.25) is 5.10 Å². The fraction of sp³-hybridized carbons (Fsp3) is 0. The molecule has 0 amide bonds. The van der Waals surface area contributed by atoms with E-state index in [1.807, 2.05) is 30.3 Å². The molecule has 2 aromatic rings. The van der Waals surface area contributed by atoms with Crippen molar-refractivity contribution in [3.05, 3.63) is 41.3 Å². The van der Waals surface area contributed by atoms with Gasteiger partial charge in [-0.2, -0.15) is 5.10 Å². The van der Waals surface area contributed by atoms with E-state index in [1.165, 1.54) is 0 Å². The number of benzene rings is 1. The van der Waals surface area contributed by atoms with Gasteiger partial charge in [0, 0.05) is 5.56 Å². The largest absolute Gasteiger partial charge is 1.00 e. The molecule has 0 aliphatic carbocycles. The average Bonchev–Trinajstić information content (AvgIpc) is 2.19. The minimum Gasteiger partial charge on any atom is -1.00 e. The quantitative estimate of drug-likeness (QED) is 0.504. The van der Waals surface area contributed by atoms with Gasteiger partial charge in [-0.05, 0) is 12.2 Å². The maximum atomic E-state index is 4.87. The van der Waals surface area contributed by atoms with Gasteiger partial charge in [0.05, 0.1) is 11.9 Å². The number of hydrogen-bond acceptors (Lipinski definition) is 3. The number of nitrogens with zero attached hydrogens (tertiary/aromatic N) is 2. The predicted octanol–water partition coefficient (Wildman–Crippen LogP) is -0.682. The normalized spacial score (nSPS) is 9.14. The fourth-order valence-electron chi connectivity index (χ4n) is 1.06. The Morgan fingerprint density at radius 2 is 1.93 bits per heavy atom. The van der Waals surface area contributed by atoms with Crippen molar-refractivity contribution < 1.29 is 31.0 Å². The molecular formula is C9H8N3NaS. The minimum absolute atomic E-state index is 0. The van der Waals surface area contributed by atoms with Crippen molar-refractivity contribution in [2.45, 2.75) is 0 Å². The first-order valence-electron chi connectivity index (χ1n) is 3.83. The average molecular weight is 213 g/mol. The summed E-state index contributed by atoms with van der Waals surface area (Å²) in [6.07, 6.45) is 1.66. The first-order valence-corrected chi connectivity index (χ1v) is 4.24. The van der Waals surface area contributed by atoms with Crippen molar-refractivity contribution in [2.24, 2.45) is 0 Å². The molecule has 0 saturated carbocycles. The molecule has 0 aliphatic rings. The van der Waals surface area contributed by atoms with Crippen molar-refractivity contribution in [1.82, 2.24) is 15.2 Å². The van der Waals surface area contributed by atoms with E-state index in [9.17, 15) is 0 Å². The van der Waals surface area contributed by atoms with E-state index in [1.54, 1.807) is 6.20 Å². The topological polar surface area (TPSA) is 41.6 Å². The second kappa shape index (κ2) is 5.36. The molecule has 2 rings (SSSR count). The monoisotopic (exact) mass is 213 g/mol. The van der Waals surface area contributed by atoms with Crippen LogP contribution >= 0.6 is 12.2 Å². The van der Waals surface area contributed by atoms with E-state index in [-0.39, 0.29) is 31.0 Å². The zero-order valence-electron chi connectivity index (χ0n) is 8.77. The summed E-state index contributed by atoms with van der Waals surface area (Å²) in [5, 5.41) is 6.46. The molecule has 0 spiro atoms. The van der Waals surface area contributed by atoms with Crippen LogP contribution in [-0.2, 0) is 0 Å². The molecule has 0 fully saturated rings. The Bertz CT molecular complexity index is 460. The van der Waals surface area contributed by atoms with Gasteiger partial charge in [0.15, 0.2) is 0 Å². The van der Waals surface area contributed by atoms with Crippen LogP contribution in [0.1, 0.15) is 1.43 Å². The Balaban J connectivity index is 0.000000980. The van der Waals surface area contributed by atoms with Crippen LogP contribution < -0.4 is 29.6 Å².